The van der Waals surface area contributed by atoms with Crippen LogP contribution >= 0.6 is 0 Å². The van der Waals surface area contributed by atoms with E-state index in [4.69, 9.17) is 0 Å². The number of fused-ring (bicyclic) bond motifs is 1. The number of pyridine rings is 1. The lowest BCUT2D eigenvalue weighted by Crippen LogP contribution is -2.31. The van der Waals surface area contributed by atoms with Crippen LogP contribution in [-0.4, -0.2) is 25.2 Å². The molecule has 0 unspecified atom stereocenters. The van der Waals surface area contributed by atoms with Crippen molar-refractivity contribution in [1.29, 1.82) is 0 Å². The number of H-pyrrole nitrogens is 1. The first kappa shape index (κ1) is 14.5. The lowest BCUT2D eigenvalue weighted by atomic mass is 10.1. The molecule has 3 rings (SSSR count). The van der Waals surface area contributed by atoms with Crippen molar-refractivity contribution in [1.82, 2.24) is 14.5 Å². The molecular formula is C17H19N3O2. The molecule has 0 atom stereocenters. The minimum absolute atomic E-state index is 0.212. The van der Waals surface area contributed by atoms with Crippen LogP contribution in [0.25, 0.3) is 22.2 Å². The second kappa shape index (κ2) is 5.10. The summed E-state index contributed by atoms with van der Waals surface area (Å²) in [6.07, 6.45) is 1.82. The number of aromatic amines is 1. The molecule has 0 amide bonds. The zero-order chi connectivity index (χ0) is 15.9. The van der Waals surface area contributed by atoms with Crippen LogP contribution in [0, 0.1) is 6.92 Å². The molecular weight excluding hydrogens is 278 g/mol. The van der Waals surface area contributed by atoms with Crippen molar-refractivity contribution in [3.63, 3.8) is 0 Å². The summed E-state index contributed by atoms with van der Waals surface area (Å²) >= 11 is 0. The first-order chi connectivity index (χ1) is 10.3. The Bertz CT molecular complexity index is 868. The lowest BCUT2D eigenvalue weighted by Gasteiger charge is -2.17. The second-order valence-electron chi connectivity index (χ2n) is 6.25. The quantitative estimate of drug-likeness (QED) is 0.780. The van der Waals surface area contributed by atoms with E-state index in [0.29, 0.717) is 0 Å². The predicted octanol–water partition coefficient (Wildman–Crippen LogP) is 2.47. The highest BCUT2D eigenvalue weighted by Crippen LogP contribution is 2.23. The van der Waals surface area contributed by atoms with Crippen LogP contribution < -0.4 is 5.69 Å². The molecule has 5 heteroatoms. The van der Waals surface area contributed by atoms with Crippen molar-refractivity contribution in [3.8, 4) is 11.1 Å². The van der Waals surface area contributed by atoms with Gasteiger partial charge in [-0.3, -0.25) is 9.55 Å². The fraction of sp³-hybridized carbons (Fsp3) is 0.294. The average molecular weight is 297 g/mol. The summed E-state index contributed by atoms with van der Waals surface area (Å²) in [6, 6.07) is 9.76. The predicted molar refractivity (Wildman–Crippen MR) is 86.8 cm³/mol. The van der Waals surface area contributed by atoms with E-state index in [1.807, 2.05) is 43.5 Å². The van der Waals surface area contributed by atoms with Gasteiger partial charge in [-0.15, -0.1) is 0 Å². The molecule has 0 aliphatic carbocycles. The third-order valence-corrected chi connectivity index (χ3v) is 3.56. The molecule has 2 aromatic heterocycles. The van der Waals surface area contributed by atoms with Crippen molar-refractivity contribution in [3.05, 3.63) is 52.7 Å². The number of hydrogen-bond acceptors (Lipinski definition) is 3. The van der Waals surface area contributed by atoms with Gasteiger partial charge in [-0.1, -0.05) is 12.1 Å². The van der Waals surface area contributed by atoms with Crippen molar-refractivity contribution in [2.24, 2.45) is 0 Å². The summed E-state index contributed by atoms with van der Waals surface area (Å²) in [5, 5.41) is 9.95. The van der Waals surface area contributed by atoms with Gasteiger partial charge in [-0.25, -0.2) is 4.79 Å². The number of aromatic nitrogens is 3. The molecule has 0 bridgehead atoms. The van der Waals surface area contributed by atoms with E-state index >= 15 is 0 Å². The standard InChI is InChI=1S/C17H19N3O2/c1-11-4-5-13(9-18-11)12-6-7-15-14(8-12)19-16(21)20(15)10-17(2,3)22/h4-9,22H,10H2,1-3H3,(H,19,21). The maximum Gasteiger partial charge on any atom is 0.326 e. The molecule has 114 valence electrons. The molecule has 0 saturated heterocycles. The molecule has 0 fully saturated rings. The van der Waals surface area contributed by atoms with Gasteiger partial charge >= 0.3 is 5.69 Å². The van der Waals surface area contributed by atoms with E-state index in [0.717, 1.165) is 27.9 Å². The molecule has 2 heterocycles. The highest BCUT2D eigenvalue weighted by molar-refractivity contribution is 5.82. The normalized spacial score (nSPS) is 12.0. The van der Waals surface area contributed by atoms with Gasteiger partial charge < -0.3 is 10.1 Å². The number of aliphatic hydroxyl groups is 1. The third kappa shape index (κ3) is 2.80. The topological polar surface area (TPSA) is 70.9 Å². The van der Waals surface area contributed by atoms with Crippen LogP contribution in [0.15, 0.2) is 41.3 Å². The molecule has 1 aromatic carbocycles. The molecule has 0 saturated carbocycles. The number of benzene rings is 1. The number of nitrogens with one attached hydrogen (secondary N) is 1. The Hall–Kier alpha value is -2.40. The fourth-order valence-electron chi connectivity index (χ4n) is 2.53. The maximum absolute atomic E-state index is 12.1. The largest absolute Gasteiger partial charge is 0.389 e. The number of hydrogen-bond donors (Lipinski definition) is 2. The Morgan fingerprint density at radius 1 is 1.23 bits per heavy atom. The molecule has 0 radical (unpaired) electrons. The van der Waals surface area contributed by atoms with Crippen LogP contribution in [-0.2, 0) is 6.54 Å². The van der Waals surface area contributed by atoms with E-state index in [-0.39, 0.29) is 12.2 Å². The zero-order valence-corrected chi connectivity index (χ0v) is 12.9. The highest BCUT2D eigenvalue weighted by Gasteiger charge is 2.17. The van der Waals surface area contributed by atoms with Crippen LogP contribution in [0.5, 0.6) is 0 Å². The minimum Gasteiger partial charge on any atom is -0.389 e. The van der Waals surface area contributed by atoms with E-state index in [9.17, 15) is 9.90 Å². The highest BCUT2D eigenvalue weighted by atomic mass is 16.3. The molecule has 0 aliphatic rings. The summed E-state index contributed by atoms with van der Waals surface area (Å²) in [7, 11) is 0. The summed E-state index contributed by atoms with van der Waals surface area (Å²) in [5.74, 6) is 0. The molecule has 3 aromatic rings. The molecule has 2 N–H and O–H groups in total. The minimum atomic E-state index is -0.946. The Labute approximate surface area is 128 Å². The van der Waals surface area contributed by atoms with Gasteiger partial charge in [0.1, 0.15) is 0 Å². The van der Waals surface area contributed by atoms with E-state index < -0.39 is 5.60 Å². The number of aryl methyl sites for hydroxylation is 1. The van der Waals surface area contributed by atoms with Gasteiger partial charge in [0.25, 0.3) is 0 Å². The first-order valence-electron chi connectivity index (χ1n) is 7.21. The van der Waals surface area contributed by atoms with Crippen LogP contribution in [0.4, 0.5) is 0 Å². The average Bonchev–Trinajstić information content (AvgIpc) is 2.73. The Morgan fingerprint density at radius 3 is 2.59 bits per heavy atom. The first-order valence-corrected chi connectivity index (χ1v) is 7.21. The van der Waals surface area contributed by atoms with E-state index in [2.05, 4.69) is 9.97 Å². The molecule has 0 aliphatic heterocycles. The van der Waals surface area contributed by atoms with Gasteiger partial charge in [0, 0.05) is 17.5 Å². The Morgan fingerprint density at radius 2 is 1.95 bits per heavy atom. The van der Waals surface area contributed by atoms with Crippen LogP contribution in [0.2, 0.25) is 0 Å². The molecule has 0 spiro atoms. The SMILES string of the molecule is Cc1ccc(-c2ccc3c(c2)[nH]c(=O)n3CC(C)(C)O)cn1. The van der Waals surface area contributed by atoms with Gasteiger partial charge in [0.2, 0.25) is 0 Å². The smallest absolute Gasteiger partial charge is 0.326 e. The maximum atomic E-state index is 12.1. The summed E-state index contributed by atoms with van der Waals surface area (Å²) in [6.45, 7) is 5.56. The van der Waals surface area contributed by atoms with Crippen molar-refractivity contribution < 1.29 is 5.11 Å². The lowest BCUT2D eigenvalue weighted by molar-refractivity contribution is 0.0617. The zero-order valence-electron chi connectivity index (χ0n) is 12.9. The second-order valence-corrected chi connectivity index (χ2v) is 6.25. The third-order valence-electron chi connectivity index (χ3n) is 3.56. The Kier molecular flexibility index (Phi) is 3.37. The van der Waals surface area contributed by atoms with Gasteiger partial charge in [0.05, 0.1) is 23.2 Å². The van der Waals surface area contributed by atoms with Crippen molar-refractivity contribution >= 4 is 11.0 Å². The van der Waals surface area contributed by atoms with Crippen molar-refractivity contribution in [2.75, 3.05) is 0 Å². The van der Waals surface area contributed by atoms with Gasteiger partial charge in [-0.05, 0) is 44.5 Å². The fourth-order valence-corrected chi connectivity index (χ4v) is 2.53. The number of rotatable bonds is 3. The van der Waals surface area contributed by atoms with Gasteiger partial charge in [0.15, 0.2) is 0 Å². The summed E-state index contributed by atoms with van der Waals surface area (Å²) in [4.78, 5) is 19.2. The Balaban J connectivity index is 2.08. The van der Waals surface area contributed by atoms with Gasteiger partial charge in [-0.2, -0.15) is 0 Å². The summed E-state index contributed by atoms with van der Waals surface area (Å²) in [5.41, 5.74) is 3.35. The summed E-state index contributed by atoms with van der Waals surface area (Å²) < 4.78 is 1.56. The van der Waals surface area contributed by atoms with E-state index in [1.165, 1.54) is 0 Å². The molecule has 5 nitrogen and oxygen atoms in total. The van der Waals surface area contributed by atoms with Crippen LogP contribution in [0.1, 0.15) is 19.5 Å². The van der Waals surface area contributed by atoms with Crippen molar-refractivity contribution in [2.45, 2.75) is 32.9 Å². The van der Waals surface area contributed by atoms with Crippen LogP contribution in [0.3, 0.4) is 0 Å². The number of nitrogens with zero attached hydrogens (tertiary/aromatic N) is 2. The monoisotopic (exact) mass is 297 g/mol. The molecule has 22 heavy (non-hydrogen) atoms. The number of imidazole rings is 1. The van der Waals surface area contributed by atoms with E-state index in [1.54, 1.807) is 18.4 Å².